The molecule has 0 aromatic carbocycles. The van der Waals surface area contributed by atoms with Crippen molar-refractivity contribution in [2.24, 2.45) is 0 Å². The van der Waals surface area contributed by atoms with Crippen molar-refractivity contribution in [3.05, 3.63) is 5.56 Å². The molecular weight excluding hydrogens is 266 g/mol. The Bertz CT molecular complexity index is 510. The Kier molecular flexibility index (Phi) is 4.04. The van der Waals surface area contributed by atoms with Crippen molar-refractivity contribution in [2.45, 2.75) is 65.0 Å². The van der Waals surface area contributed by atoms with Crippen LogP contribution in [0.4, 0.5) is 5.82 Å². The summed E-state index contributed by atoms with van der Waals surface area (Å²) in [6.45, 7) is 11.1. The molecule has 0 unspecified atom stereocenters. The van der Waals surface area contributed by atoms with Gasteiger partial charge in [0.2, 0.25) is 5.88 Å². The van der Waals surface area contributed by atoms with E-state index in [1.165, 1.54) is 6.42 Å². The van der Waals surface area contributed by atoms with E-state index in [2.05, 4.69) is 42.6 Å². The molecule has 1 aliphatic heterocycles. The number of anilines is 1. The Morgan fingerprint density at radius 3 is 2.00 bits per heavy atom. The van der Waals surface area contributed by atoms with Gasteiger partial charge in [-0.15, -0.1) is 0 Å². The quantitative estimate of drug-likeness (QED) is 0.855. The lowest BCUT2D eigenvalue weighted by molar-refractivity contribution is 0.239. The van der Waals surface area contributed by atoms with E-state index in [0.29, 0.717) is 11.9 Å². The molecule has 1 aromatic rings. The van der Waals surface area contributed by atoms with Crippen LogP contribution in [0.15, 0.2) is 0 Å². The maximum Gasteiger partial charge on any atom is 0.321 e. The number of piperidine rings is 1. The van der Waals surface area contributed by atoms with E-state index in [9.17, 15) is 0 Å². The molecule has 0 atom stereocenters. The molecule has 118 valence electrons. The highest BCUT2D eigenvalue weighted by Crippen LogP contribution is 2.43. The third-order valence-corrected chi connectivity index (χ3v) is 4.43. The fourth-order valence-electron chi connectivity index (χ4n) is 3.54. The second-order valence-corrected chi connectivity index (χ2v) is 6.98. The molecule has 0 radical (unpaired) electrons. The number of hydrogen-bond donors (Lipinski definition) is 0. The van der Waals surface area contributed by atoms with Crippen molar-refractivity contribution in [3.8, 4) is 11.9 Å². The van der Waals surface area contributed by atoms with E-state index >= 15 is 0 Å². The van der Waals surface area contributed by atoms with E-state index < -0.39 is 0 Å². The highest BCUT2D eigenvalue weighted by atomic mass is 16.5. The predicted octanol–water partition coefficient (Wildman–Crippen LogP) is 3.35. The first-order valence-corrected chi connectivity index (χ1v) is 7.50. The molecule has 1 aromatic heterocycles. The van der Waals surface area contributed by atoms with Crippen LogP contribution in [0.3, 0.4) is 0 Å². The summed E-state index contributed by atoms with van der Waals surface area (Å²) in [5.74, 6) is 1.49. The predicted molar refractivity (Wildman–Crippen MR) is 84.4 cm³/mol. The maximum atomic E-state index is 5.40. The van der Waals surface area contributed by atoms with Gasteiger partial charge in [-0.3, -0.25) is 0 Å². The molecule has 5 nitrogen and oxygen atoms in total. The van der Waals surface area contributed by atoms with Crippen LogP contribution < -0.4 is 14.4 Å². The lowest BCUT2D eigenvalue weighted by Crippen LogP contribution is -2.59. The summed E-state index contributed by atoms with van der Waals surface area (Å²) in [5, 5.41) is 0. The Morgan fingerprint density at radius 2 is 1.52 bits per heavy atom. The molecule has 2 rings (SSSR count). The van der Waals surface area contributed by atoms with Crippen molar-refractivity contribution in [1.82, 2.24) is 9.97 Å². The number of hydrogen-bond acceptors (Lipinski definition) is 5. The molecule has 0 bridgehead atoms. The zero-order chi connectivity index (χ0) is 15.8. The van der Waals surface area contributed by atoms with Crippen LogP contribution >= 0.6 is 0 Å². The second-order valence-electron chi connectivity index (χ2n) is 6.98. The summed E-state index contributed by atoms with van der Waals surface area (Å²) in [6, 6.07) is 0.352. The smallest absolute Gasteiger partial charge is 0.321 e. The number of rotatable bonds is 3. The number of methoxy groups -OCH3 is 2. The average Bonchev–Trinajstić information content (AvgIpc) is 2.38. The van der Waals surface area contributed by atoms with Crippen LogP contribution in [0.2, 0.25) is 0 Å². The van der Waals surface area contributed by atoms with Crippen LogP contribution in [0.5, 0.6) is 11.9 Å². The van der Waals surface area contributed by atoms with Gasteiger partial charge in [0.05, 0.1) is 19.8 Å². The molecule has 0 aliphatic carbocycles. The SMILES string of the molecule is COc1nc(OC)c(C)c(N2C(C)(C)CCCC2(C)C)n1. The van der Waals surface area contributed by atoms with Crippen molar-refractivity contribution in [3.63, 3.8) is 0 Å². The summed E-state index contributed by atoms with van der Waals surface area (Å²) in [5.41, 5.74) is 1.04. The van der Waals surface area contributed by atoms with Gasteiger partial charge in [0, 0.05) is 11.1 Å². The van der Waals surface area contributed by atoms with Gasteiger partial charge in [0.25, 0.3) is 0 Å². The topological polar surface area (TPSA) is 47.5 Å². The summed E-state index contributed by atoms with van der Waals surface area (Å²) < 4.78 is 10.6. The first-order valence-electron chi connectivity index (χ1n) is 7.50. The molecule has 0 N–H and O–H groups in total. The fraction of sp³-hybridized carbons (Fsp3) is 0.750. The average molecular weight is 293 g/mol. The van der Waals surface area contributed by atoms with Gasteiger partial charge in [-0.1, -0.05) is 0 Å². The largest absolute Gasteiger partial charge is 0.481 e. The Hall–Kier alpha value is -1.52. The lowest BCUT2D eigenvalue weighted by Gasteiger charge is -2.54. The van der Waals surface area contributed by atoms with Crippen molar-refractivity contribution >= 4 is 5.82 Å². The molecule has 5 heteroatoms. The van der Waals surface area contributed by atoms with Gasteiger partial charge in [-0.25, -0.2) is 0 Å². The summed E-state index contributed by atoms with van der Waals surface area (Å²) in [4.78, 5) is 11.3. The summed E-state index contributed by atoms with van der Waals surface area (Å²) in [7, 11) is 3.21. The van der Waals surface area contributed by atoms with Crippen LogP contribution in [0.25, 0.3) is 0 Å². The Labute approximate surface area is 127 Å². The number of aromatic nitrogens is 2. The highest BCUT2D eigenvalue weighted by Gasteiger charge is 2.43. The maximum absolute atomic E-state index is 5.40. The molecule has 2 heterocycles. The Morgan fingerprint density at radius 1 is 0.952 bits per heavy atom. The van der Waals surface area contributed by atoms with Crippen molar-refractivity contribution in [1.29, 1.82) is 0 Å². The van der Waals surface area contributed by atoms with Gasteiger partial charge in [0.15, 0.2) is 0 Å². The number of ether oxygens (including phenoxy) is 2. The van der Waals surface area contributed by atoms with Gasteiger partial charge in [-0.2, -0.15) is 9.97 Å². The fourth-order valence-corrected chi connectivity index (χ4v) is 3.54. The van der Waals surface area contributed by atoms with E-state index in [-0.39, 0.29) is 11.1 Å². The molecule has 1 fully saturated rings. The molecule has 0 spiro atoms. The van der Waals surface area contributed by atoms with Crippen LogP contribution in [0.1, 0.15) is 52.5 Å². The minimum Gasteiger partial charge on any atom is -0.481 e. The lowest BCUT2D eigenvalue weighted by atomic mass is 9.79. The van der Waals surface area contributed by atoms with Gasteiger partial charge in [0.1, 0.15) is 5.82 Å². The van der Waals surface area contributed by atoms with Crippen molar-refractivity contribution in [2.75, 3.05) is 19.1 Å². The molecule has 0 saturated carbocycles. The zero-order valence-electron chi connectivity index (χ0n) is 14.3. The van der Waals surface area contributed by atoms with E-state index in [0.717, 1.165) is 24.2 Å². The van der Waals surface area contributed by atoms with Crippen LogP contribution in [-0.4, -0.2) is 35.3 Å². The Balaban J connectivity index is 2.62. The first kappa shape index (κ1) is 15.9. The van der Waals surface area contributed by atoms with Gasteiger partial charge < -0.3 is 14.4 Å². The normalized spacial score (nSPS) is 20.2. The standard InChI is InChI=1S/C16H27N3O2/c1-11-12(17-14(21-7)18-13(11)20-6)19-15(2,3)9-8-10-16(19,4)5/h8-10H2,1-7H3. The third-order valence-electron chi connectivity index (χ3n) is 4.43. The molecule has 0 amide bonds. The zero-order valence-corrected chi connectivity index (χ0v) is 14.3. The summed E-state index contributed by atoms with van der Waals surface area (Å²) in [6.07, 6.45) is 3.52. The van der Waals surface area contributed by atoms with Gasteiger partial charge in [-0.05, 0) is 53.9 Å². The monoisotopic (exact) mass is 293 g/mol. The minimum absolute atomic E-state index is 0.0386. The summed E-state index contributed by atoms with van der Waals surface area (Å²) >= 11 is 0. The highest BCUT2D eigenvalue weighted by molar-refractivity contribution is 5.56. The van der Waals surface area contributed by atoms with Crippen LogP contribution in [-0.2, 0) is 0 Å². The minimum atomic E-state index is 0.0386. The van der Waals surface area contributed by atoms with E-state index in [1.54, 1.807) is 14.2 Å². The second kappa shape index (κ2) is 5.35. The van der Waals surface area contributed by atoms with E-state index in [1.807, 2.05) is 6.92 Å². The molecular formula is C16H27N3O2. The number of nitrogens with zero attached hydrogens (tertiary/aromatic N) is 3. The molecule has 21 heavy (non-hydrogen) atoms. The molecule has 1 aliphatic rings. The van der Waals surface area contributed by atoms with Gasteiger partial charge >= 0.3 is 6.01 Å². The molecule has 1 saturated heterocycles. The third kappa shape index (κ3) is 2.78. The van der Waals surface area contributed by atoms with Crippen LogP contribution in [0, 0.1) is 6.92 Å². The van der Waals surface area contributed by atoms with Crippen molar-refractivity contribution < 1.29 is 9.47 Å². The first-order chi connectivity index (χ1) is 9.73. The van der Waals surface area contributed by atoms with E-state index in [4.69, 9.17) is 9.47 Å².